The number of carboxylic acids is 1. The number of methoxy groups -OCH3 is 1. The largest absolute Gasteiger partial charge is 0.480 e. The van der Waals surface area contributed by atoms with Crippen LogP contribution in [0, 0.1) is 17.3 Å². The maximum atomic E-state index is 13.3. The maximum absolute atomic E-state index is 13.3. The fraction of sp³-hybridized carbons (Fsp3) is 0.842. The highest BCUT2D eigenvalue weighted by atomic mass is 16.6. The highest BCUT2D eigenvalue weighted by Gasteiger charge is 2.70. The summed E-state index contributed by atoms with van der Waals surface area (Å²) >= 11 is 0. The van der Waals surface area contributed by atoms with Gasteiger partial charge in [-0.15, -0.1) is 0 Å². The Balaban J connectivity index is 2.24. The van der Waals surface area contributed by atoms with E-state index >= 15 is 0 Å². The van der Waals surface area contributed by atoms with Crippen molar-refractivity contribution in [2.24, 2.45) is 17.3 Å². The van der Waals surface area contributed by atoms with Gasteiger partial charge in [0.15, 0.2) is 0 Å². The van der Waals surface area contributed by atoms with E-state index in [-0.39, 0.29) is 17.3 Å². The molecule has 0 unspecified atom stereocenters. The smallest absolute Gasteiger partial charge is 0.408 e. The van der Waals surface area contributed by atoms with E-state index in [0.717, 1.165) is 0 Å². The third kappa shape index (κ3) is 4.05. The van der Waals surface area contributed by atoms with Gasteiger partial charge in [-0.25, -0.2) is 9.59 Å². The molecule has 2 N–H and O–H groups in total. The van der Waals surface area contributed by atoms with Crippen LogP contribution < -0.4 is 5.32 Å². The number of hydrogen-bond donors (Lipinski definition) is 2. The number of ether oxygens (including phenoxy) is 2. The van der Waals surface area contributed by atoms with E-state index < -0.39 is 41.3 Å². The van der Waals surface area contributed by atoms with Gasteiger partial charge in [-0.2, -0.15) is 0 Å². The first kappa shape index (κ1) is 21.5. The molecule has 0 radical (unpaired) electrons. The fourth-order valence-electron chi connectivity index (χ4n) is 4.04. The Morgan fingerprint density at radius 2 is 1.74 bits per heavy atom. The number of hydrogen-bond acceptors (Lipinski definition) is 5. The summed E-state index contributed by atoms with van der Waals surface area (Å²) in [5, 5.41) is 12.3. The van der Waals surface area contributed by atoms with Crippen LogP contribution in [0.2, 0.25) is 0 Å². The highest BCUT2D eigenvalue weighted by molar-refractivity contribution is 5.91. The number of aliphatic carboxylic acids is 1. The van der Waals surface area contributed by atoms with E-state index in [0.29, 0.717) is 6.54 Å². The van der Waals surface area contributed by atoms with Crippen LogP contribution in [0.4, 0.5) is 4.79 Å². The Morgan fingerprint density at radius 1 is 1.19 bits per heavy atom. The number of likely N-dealkylation sites (tertiary alicyclic amines) is 1. The topological polar surface area (TPSA) is 105 Å². The molecule has 27 heavy (non-hydrogen) atoms. The third-order valence-electron chi connectivity index (χ3n) is 5.87. The van der Waals surface area contributed by atoms with E-state index in [4.69, 9.17) is 9.47 Å². The van der Waals surface area contributed by atoms with Crippen molar-refractivity contribution in [1.82, 2.24) is 10.2 Å². The number of carbonyl (C=O) groups excluding carboxylic acids is 2. The van der Waals surface area contributed by atoms with Crippen LogP contribution in [0.1, 0.15) is 48.5 Å². The molecular weight excluding hydrogens is 352 g/mol. The van der Waals surface area contributed by atoms with Crippen LogP contribution in [0.15, 0.2) is 0 Å². The van der Waals surface area contributed by atoms with Gasteiger partial charge < -0.3 is 24.8 Å². The van der Waals surface area contributed by atoms with Gasteiger partial charge >= 0.3 is 12.1 Å². The summed E-state index contributed by atoms with van der Waals surface area (Å²) in [7, 11) is 1.44. The van der Waals surface area contributed by atoms with Gasteiger partial charge in [0.05, 0.1) is 5.60 Å². The van der Waals surface area contributed by atoms with Crippen molar-refractivity contribution >= 4 is 18.0 Å². The summed E-state index contributed by atoms with van der Waals surface area (Å²) in [5.74, 6) is -1.42. The first-order valence-corrected chi connectivity index (χ1v) is 9.21. The predicted molar refractivity (Wildman–Crippen MR) is 98.1 cm³/mol. The first-order chi connectivity index (χ1) is 12.1. The Morgan fingerprint density at radius 3 is 2.19 bits per heavy atom. The molecule has 2 amide bonds. The second kappa shape index (κ2) is 6.65. The van der Waals surface area contributed by atoms with Crippen molar-refractivity contribution in [1.29, 1.82) is 0 Å². The average Bonchev–Trinajstić information content (AvgIpc) is 2.86. The third-order valence-corrected chi connectivity index (χ3v) is 5.87. The monoisotopic (exact) mass is 384 g/mol. The lowest BCUT2D eigenvalue weighted by Gasteiger charge is -2.38. The van der Waals surface area contributed by atoms with Crippen molar-refractivity contribution in [2.45, 2.75) is 71.8 Å². The van der Waals surface area contributed by atoms with Crippen molar-refractivity contribution in [3.8, 4) is 0 Å². The molecule has 1 saturated carbocycles. The molecule has 2 fully saturated rings. The van der Waals surface area contributed by atoms with E-state index in [2.05, 4.69) is 5.32 Å². The van der Waals surface area contributed by atoms with Crippen LogP contribution in [0.3, 0.4) is 0 Å². The number of rotatable bonds is 5. The van der Waals surface area contributed by atoms with Crippen molar-refractivity contribution in [3.63, 3.8) is 0 Å². The zero-order valence-corrected chi connectivity index (χ0v) is 17.5. The van der Waals surface area contributed by atoms with Gasteiger partial charge in [-0.3, -0.25) is 4.79 Å². The number of nitrogens with zero attached hydrogens (tertiary/aromatic N) is 1. The van der Waals surface area contributed by atoms with Crippen LogP contribution in [0.25, 0.3) is 0 Å². The molecule has 4 atom stereocenters. The summed E-state index contributed by atoms with van der Waals surface area (Å²) in [5.41, 5.74) is -1.86. The molecule has 1 saturated heterocycles. The molecule has 8 nitrogen and oxygen atoms in total. The summed E-state index contributed by atoms with van der Waals surface area (Å²) in [6.45, 7) is 12.9. The molecule has 1 aliphatic heterocycles. The molecule has 2 aliphatic rings. The molecule has 1 aliphatic carbocycles. The Labute approximate surface area is 160 Å². The van der Waals surface area contributed by atoms with Gasteiger partial charge in [0, 0.05) is 19.6 Å². The van der Waals surface area contributed by atoms with E-state index in [1.54, 1.807) is 34.6 Å². The Hall–Kier alpha value is -1.83. The van der Waals surface area contributed by atoms with Crippen LogP contribution >= 0.6 is 0 Å². The Bertz CT molecular complexity index is 637. The van der Waals surface area contributed by atoms with Crippen LogP contribution in [-0.2, 0) is 19.1 Å². The molecular formula is C19H32N2O6. The molecule has 154 valence electrons. The minimum absolute atomic E-state index is 0.0771. The fourth-order valence-corrected chi connectivity index (χ4v) is 4.04. The summed E-state index contributed by atoms with van der Waals surface area (Å²) in [6.07, 6.45) is -0.748. The summed E-state index contributed by atoms with van der Waals surface area (Å²) in [6, 6.07) is -1.96. The highest BCUT2D eigenvalue weighted by Crippen LogP contribution is 2.64. The Kier molecular flexibility index (Phi) is 5.29. The normalized spacial score (nSPS) is 27.6. The van der Waals surface area contributed by atoms with Crippen LogP contribution in [0.5, 0.6) is 0 Å². The summed E-state index contributed by atoms with van der Waals surface area (Å²) < 4.78 is 10.7. The van der Waals surface area contributed by atoms with E-state index in [9.17, 15) is 19.5 Å². The lowest BCUT2D eigenvalue weighted by atomic mass is 9.95. The van der Waals surface area contributed by atoms with Crippen molar-refractivity contribution < 1.29 is 29.0 Å². The zero-order chi connectivity index (χ0) is 20.9. The van der Waals surface area contributed by atoms with Crippen LogP contribution in [-0.4, -0.2) is 64.9 Å². The standard InChI is InChI=1S/C19H32N2O6/c1-17(2,3)27-16(25)20-13(19(6,7)26-8)14(22)21-9-10-11(18(10,4)5)12(21)15(23)24/h10-13H,9H2,1-8H3,(H,20,25)(H,23,24)/t10-,11-,12-,13+/m0/s1. The molecule has 8 heteroatoms. The maximum Gasteiger partial charge on any atom is 0.408 e. The van der Waals surface area contributed by atoms with Gasteiger partial charge in [0.1, 0.15) is 17.7 Å². The number of nitrogens with one attached hydrogen (secondary N) is 1. The minimum Gasteiger partial charge on any atom is -0.480 e. The number of amides is 2. The minimum atomic E-state index is -1.07. The second-order valence-electron chi connectivity index (χ2n) is 9.61. The van der Waals surface area contributed by atoms with Gasteiger partial charge in [0.25, 0.3) is 0 Å². The van der Waals surface area contributed by atoms with E-state index in [1.807, 2.05) is 13.8 Å². The SMILES string of the molecule is COC(C)(C)[C@H](NC(=O)OC(C)(C)C)C(=O)N1C[C@H]2[C@@H]([C@H]1C(=O)O)C2(C)C. The molecule has 2 rings (SSSR count). The van der Waals surface area contributed by atoms with Gasteiger partial charge in [-0.1, -0.05) is 13.8 Å². The molecule has 0 spiro atoms. The number of alkyl carbamates (subject to hydrolysis) is 1. The predicted octanol–water partition coefficient (Wildman–Crippen LogP) is 1.87. The quantitative estimate of drug-likeness (QED) is 0.750. The summed E-state index contributed by atoms with van der Waals surface area (Å²) in [4.78, 5) is 38.7. The van der Waals surface area contributed by atoms with Crippen molar-refractivity contribution in [2.75, 3.05) is 13.7 Å². The molecule has 0 aromatic heterocycles. The number of carboxylic acid groups (broad SMARTS) is 1. The lowest BCUT2D eigenvalue weighted by molar-refractivity contribution is -0.154. The first-order valence-electron chi connectivity index (χ1n) is 9.21. The molecule has 0 aromatic rings. The number of carbonyl (C=O) groups is 3. The van der Waals surface area contributed by atoms with Gasteiger partial charge in [-0.05, 0) is 46.0 Å². The van der Waals surface area contributed by atoms with Crippen molar-refractivity contribution in [3.05, 3.63) is 0 Å². The number of fused-ring (bicyclic) bond motifs is 1. The zero-order valence-electron chi connectivity index (χ0n) is 17.5. The number of piperidine rings is 1. The van der Waals surface area contributed by atoms with Gasteiger partial charge in [0.2, 0.25) is 5.91 Å². The average molecular weight is 384 g/mol. The lowest BCUT2D eigenvalue weighted by Crippen LogP contribution is -2.62. The van der Waals surface area contributed by atoms with E-state index in [1.165, 1.54) is 12.0 Å². The second-order valence-corrected chi connectivity index (χ2v) is 9.61. The molecule has 1 heterocycles. The molecule has 0 bridgehead atoms. The molecule has 0 aromatic carbocycles.